The second-order valence-electron chi connectivity index (χ2n) is 5.33. The highest BCUT2D eigenvalue weighted by molar-refractivity contribution is 8.00. The minimum absolute atomic E-state index is 0.100. The molecule has 4 rings (SSSR count). The average molecular weight is 364 g/mol. The van der Waals surface area contributed by atoms with Gasteiger partial charge in [0.05, 0.1) is 11.4 Å². The lowest BCUT2D eigenvalue weighted by Crippen LogP contribution is -2.25. The summed E-state index contributed by atoms with van der Waals surface area (Å²) in [6.07, 6.45) is -3.71. The van der Waals surface area contributed by atoms with Crippen LogP contribution in [-0.2, 0) is 4.79 Å². The first-order chi connectivity index (χ1) is 11.9. The van der Waals surface area contributed by atoms with Gasteiger partial charge in [-0.1, -0.05) is 0 Å². The number of rotatable bonds is 2. The van der Waals surface area contributed by atoms with E-state index in [4.69, 9.17) is 0 Å². The van der Waals surface area contributed by atoms with Gasteiger partial charge in [0.15, 0.2) is 11.5 Å². The molecule has 9 heteroatoms. The van der Waals surface area contributed by atoms with E-state index >= 15 is 0 Å². The van der Waals surface area contributed by atoms with Crippen LogP contribution >= 0.6 is 11.8 Å². The Morgan fingerprint density at radius 1 is 1.16 bits per heavy atom. The number of alkyl halides is 2. The van der Waals surface area contributed by atoms with Gasteiger partial charge in [0, 0.05) is 22.2 Å². The first-order valence-electron chi connectivity index (χ1n) is 7.18. The summed E-state index contributed by atoms with van der Waals surface area (Å²) in [4.78, 5) is 24.7. The SMILES string of the molecule is O=C1CSc2ccc(C(=O)Nc3ccc4c(c3)OC(F)(F)O4)cc2N1. The van der Waals surface area contributed by atoms with Gasteiger partial charge in [-0.25, -0.2) is 0 Å². The molecule has 0 radical (unpaired) electrons. The molecule has 2 aliphatic heterocycles. The number of amides is 2. The van der Waals surface area contributed by atoms with Crippen molar-refractivity contribution < 1.29 is 27.8 Å². The van der Waals surface area contributed by atoms with Crippen molar-refractivity contribution in [3.8, 4) is 11.5 Å². The minimum Gasteiger partial charge on any atom is -0.395 e. The third-order valence-electron chi connectivity index (χ3n) is 3.53. The average Bonchev–Trinajstić information content (AvgIpc) is 2.87. The quantitative estimate of drug-likeness (QED) is 0.855. The molecule has 0 unspecified atom stereocenters. The maximum absolute atomic E-state index is 13.0. The number of carbonyl (C=O) groups excluding carboxylic acids is 2. The van der Waals surface area contributed by atoms with Gasteiger partial charge in [-0.05, 0) is 30.3 Å². The van der Waals surface area contributed by atoms with Crippen LogP contribution < -0.4 is 20.1 Å². The molecule has 2 N–H and O–H groups in total. The molecule has 0 aliphatic carbocycles. The highest BCUT2D eigenvalue weighted by Gasteiger charge is 2.43. The van der Waals surface area contributed by atoms with Crippen molar-refractivity contribution in [2.45, 2.75) is 11.2 Å². The van der Waals surface area contributed by atoms with Crippen molar-refractivity contribution in [3.05, 3.63) is 42.0 Å². The zero-order valence-corrected chi connectivity index (χ0v) is 13.3. The van der Waals surface area contributed by atoms with Gasteiger partial charge in [-0.2, -0.15) is 0 Å². The van der Waals surface area contributed by atoms with E-state index < -0.39 is 12.2 Å². The first-order valence-corrected chi connectivity index (χ1v) is 8.16. The second kappa shape index (κ2) is 5.62. The number of benzene rings is 2. The molecule has 0 aromatic heterocycles. The van der Waals surface area contributed by atoms with E-state index in [1.54, 1.807) is 18.2 Å². The summed E-state index contributed by atoms with van der Waals surface area (Å²) in [7, 11) is 0. The monoisotopic (exact) mass is 364 g/mol. The number of hydrogen-bond acceptors (Lipinski definition) is 5. The second-order valence-corrected chi connectivity index (χ2v) is 6.35. The molecule has 0 spiro atoms. The number of fused-ring (bicyclic) bond motifs is 2. The summed E-state index contributed by atoms with van der Waals surface area (Å²) >= 11 is 1.39. The molecule has 25 heavy (non-hydrogen) atoms. The van der Waals surface area contributed by atoms with Gasteiger partial charge >= 0.3 is 6.29 Å². The number of ether oxygens (including phenoxy) is 2. The third kappa shape index (κ3) is 3.10. The van der Waals surface area contributed by atoms with Crippen molar-refractivity contribution in [2.75, 3.05) is 16.4 Å². The Bertz CT molecular complexity index is 904. The van der Waals surface area contributed by atoms with E-state index in [-0.39, 0.29) is 23.1 Å². The van der Waals surface area contributed by atoms with Crippen molar-refractivity contribution in [1.82, 2.24) is 0 Å². The summed E-state index contributed by atoms with van der Waals surface area (Å²) in [5, 5.41) is 5.30. The molecule has 0 atom stereocenters. The lowest BCUT2D eigenvalue weighted by Gasteiger charge is -2.17. The number of nitrogens with one attached hydrogen (secondary N) is 2. The van der Waals surface area contributed by atoms with Gasteiger partial charge in [0.25, 0.3) is 5.91 Å². The molecule has 0 saturated heterocycles. The van der Waals surface area contributed by atoms with E-state index in [2.05, 4.69) is 20.1 Å². The smallest absolute Gasteiger partial charge is 0.395 e. The molecule has 2 aromatic carbocycles. The molecule has 6 nitrogen and oxygen atoms in total. The fraction of sp³-hybridized carbons (Fsp3) is 0.125. The first kappa shape index (κ1) is 15.7. The van der Waals surface area contributed by atoms with Crippen molar-refractivity contribution >= 4 is 35.0 Å². The van der Waals surface area contributed by atoms with E-state index in [1.165, 1.54) is 30.0 Å². The largest absolute Gasteiger partial charge is 0.586 e. The van der Waals surface area contributed by atoms with Crippen molar-refractivity contribution in [1.29, 1.82) is 0 Å². The zero-order chi connectivity index (χ0) is 17.6. The predicted molar refractivity (Wildman–Crippen MR) is 86.4 cm³/mol. The fourth-order valence-corrected chi connectivity index (χ4v) is 3.24. The van der Waals surface area contributed by atoms with Crippen LogP contribution in [0.4, 0.5) is 20.2 Å². The summed E-state index contributed by atoms with van der Waals surface area (Å²) < 4.78 is 34.7. The van der Waals surface area contributed by atoms with E-state index in [0.717, 1.165) is 4.90 Å². The number of hydrogen-bond donors (Lipinski definition) is 2. The van der Waals surface area contributed by atoms with Gasteiger partial charge in [0.1, 0.15) is 0 Å². The summed E-state index contributed by atoms with van der Waals surface area (Å²) in [6, 6.07) is 8.90. The maximum atomic E-state index is 13.0. The van der Waals surface area contributed by atoms with Crippen molar-refractivity contribution in [2.24, 2.45) is 0 Å². The van der Waals surface area contributed by atoms with Crippen LogP contribution in [0.5, 0.6) is 11.5 Å². The lowest BCUT2D eigenvalue weighted by atomic mass is 10.1. The van der Waals surface area contributed by atoms with Crippen LogP contribution in [0.25, 0.3) is 0 Å². The summed E-state index contributed by atoms with van der Waals surface area (Å²) in [5.74, 6) is -0.501. The Balaban J connectivity index is 1.53. The Kier molecular flexibility index (Phi) is 3.53. The van der Waals surface area contributed by atoms with Gasteiger partial charge < -0.3 is 20.1 Å². The van der Waals surface area contributed by atoms with Crippen LogP contribution in [0.2, 0.25) is 0 Å². The van der Waals surface area contributed by atoms with Gasteiger partial charge in [-0.3, -0.25) is 9.59 Å². The number of anilines is 2. The third-order valence-corrected chi connectivity index (χ3v) is 4.61. The molecular weight excluding hydrogens is 354 g/mol. The normalized spacial score (nSPS) is 16.8. The van der Waals surface area contributed by atoms with Crippen LogP contribution in [0.3, 0.4) is 0 Å². The lowest BCUT2D eigenvalue weighted by molar-refractivity contribution is -0.286. The van der Waals surface area contributed by atoms with Gasteiger partial charge in [0.2, 0.25) is 5.91 Å². The maximum Gasteiger partial charge on any atom is 0.586 e. The molecule has 0 bridgehead atoms. The van der Waals surface area contributed by atoms with Gasteiger partial charge in [-0.15, -0.1) is 20.5 Å². The summed E-state index contributed by atoms with van der Waals surface area (Å²) in [5.41, 5.74) is 1.17. The van der Waals surface area contributed by atoms with Crippen LogP contribution in [-0.4, -0.2) is 23.9 Å². The number of thioether (sulfide) groups is 1. The van der Waals surface area contributed by atoms with Crippen LogP contribution in [0.15, 0.2) is 41.3 Å². The zero-order valence-electron chi connectivity index (χ0n) is 12.5. The predicted octanol–water partition coefficient (Wildman–Crippen LogP) is 3.30. The highest BCUT2D eigenvalue weighted by Crippen LogP contribution is 2.42. The number of carbonyl (C=O) groups is 2. The Hall–Kier alpha value is -2.81. The minimum atomic E-state index is -3.71. The molecule has 2 aliphatic rings. The topological polar surface area (TPSA) is 76.7 Å². The van der Waals surface area contributed by atoms with E-state index in [1.807, 2.05) is 0 Å². The standard InChI is InChI=1S/C16H10F2N2O4S/c17-16(18)23-11-3-2-9(6-12(11)24-16)19-15(22)8-1-4-13-10(5-8)20-14(21)7-25-13/h1-6H,7H2,(H,19,22)(H,20,21). The van der Waals surface area contributed by atoms with Crippen LogP contribution in [0, 0.1) is 0 Å². The summed E-state index contributed by atoms with van der Waals surface area (Å²) in [6.45, 7) is 0. The molecular formula is C16H10F2N2O4S. The number of halogens is 2. The highest BCUT2D eigenvalue weighted by atomic mass is 32.2. The van der Waals surface area contributed by atoms with Crippen LogP contribution in [0.1, 0.15) is 10.4 Å². The molecule has 0 fully saturated rings. The van der Waals surface area contributed by atoms with E-state index in [9.17, 15) is 18.4 Å². The van der Waals surface area contributed by atoms with E-state index in [0.29, 0.717) is 17.0 Å². The molecule has 0 saturated carbocycles. The molecule has 2 amide bonds. The molecule has 2 aromatic rings. The molecule has 128 valence electrons. The fourth-order valence-electron chi connectivity index (χ4n) is 2.45. The Labute approximate surface area is 144 Å². The Morgan fingerprint density at radius 2 is 1.96 bits per heavy atom. The Morgan fingerprint density at radius 3 is 2.80 bits per heavy atom. The van der Waals surface area contributed by atoms with Crippen molar-refractivity contribution in [3.63, 3.8) is 0 Å². The molecule has 2 heterocycles.